The van der Waals surface area contributed by atoms with E-state index < -0.39 is 0 Å². The van der Waals surface area contributed by atoms with Crippen molar-refractivity contribution in [1.29, 1.82) is 0 Å². The lowest BCUT2D eigenvalue weighted by molar-refractivity contribution is -0.122. The van der Waals surface area contributed by atoms with Crippen LogP contribution in [0.25, 0.3) is 0 Å². The van der Waals surface area contributed by atoms with Crippen LogP contribution in [0.2, 0.25) is 0 Å². The second-order valence-corrected chi connectivity index (χ2v) is 5.49. The van der Waals surface area contributed by atoms with Gasteiger partial charge >= 0.3 is 0 Å². The van der Waals surface area contributed by atoms with Crippen molar-refractivity contribution < 1.29 is 14.0 Å². The van der Waals surface area contributed by atoms with E-state index in [4.69, 9.17) is 4.42 Å². The van der Waals surface area contributed by atoms with Crippen LogP contribution in [0.4, 0.5) is 0 Å². The summed E-state index contributed by atoms with van der Waals surface area (Å²) in [4.78, 5) is 28.0. The van der Waals surface area contributed by atoms with Gasteiger partial charge in [-0.25, -0.2) is 0 Å². The lowest BCUT2D eigenvalue weighted by Gasteiger charge is -2.34. The van der Waals surface area contributed by atoms with Gasteiger partial charge in [-0.1, -0.05) is 6.08 Å². The summed E-state index contributed by atoms with van der Waals surface area (Å²) in [6, 6.07) is 1.78. The van der Waals surface area contributed by atoms with Gasteiger partial charge in [-0.15, -0.1) is 6.58 Å². The Morgan fingerprint density at radius 1 is 1.32 bits per heavy atom. The largest absolute Gasteiger partial charge is 0.466 e. The van der Waals surface area contributed by atoms with Gasteiger partial charge in [0.15, 0.2) is 0 Å². The summed E-state index contributed by atoms with van der Waals surface area (Å²) in [7, 11) is 0. The van der Waals surface area contributed by atoms with Crippen molar-refractivity contribution in [1.82, 2.24) is 15.1 Å². The molecule has 2 heterocycles. The molecule has 1 saturated heterocycles. The fourth-order valence-electron chi connectivity index (χ4n) is 2.57. The minimum Gasteiger partial charge on any atom is -0.466 e. The molecule has 2 amide bonds. The number of carbonyl (C=O) groups excluding carboxylic acids is 2. The van der Waals surface area contributed by atoms with Crippen LogP contribution in [0, 0.1) is 13.8 Å². The molecule has 1 N–H and O–H groups in total. The summed E-state index contributed by atoms with van der Waals surface area (Å²) in [5.41, 5.74) is 0.634. The van der Waals surface area contributed by atoms with Crippen LogP contribution in [0.3, 0.4) is 0 Å². The Morgan fingerprint density at radius 2 is 2.00 bits per heavy atom. The predicted octanol–water partition coefficient (Wildman–Crippen LogP) is 0.956. The SMILES string of the molecule is C=CCNC(=O)CN1CCN(C(=O)c2cc(C)oc2C)CC1. The molecule has 1 aliphatic rings. The van der Waals surface area contributed by atoms with E-state index in [1.807, 2.05) is 11.8 Å². The first-order valence-corrected chi connectivity index (χ1v) is 7.47. The Kier molecular flexibility index (Phi) is 5.38. The molecule has 1 aromatic rings. The van der Waals surface area contributed by atoms with Crippen LogP contribution in [-0.2, 0) is 4.79 Å². The average molecular weight is 305 g/mol. The van der Waals surface area contributed by atoms with Gasteiger partial charge in [0.05, 0.1) is 12.1 Å². The summed E-state index contributed by atoms with van der Waals surface area (Å²) >= 11 is 0. The number of furan rings is 1. The fraction of sp³-hybridized carbons (Fsp3) is 0.500. The van der Waals surface area contributed by atoms with E-state index in [0.717, 1.165) is 5.76 Å². The molecule has 1 fully saturated rings. The zero-order valence-electron chi connectivity index (χ0n) is 13.2. The summed E-state index contributed by atoms with van der Waals surface area (Å²) in [6.45, 7) is 10.7. The molecule has 0 bridgehead atoms. The third-order valence-corrected chi connectivity index (χ3v) is 3.74. The summed E-state index contributed by atoms with van der Waals surface area (Å²) in [5, 5.41) is 2.76. The number of nitrogens with zero attached hydrogens (tertiary/aromatic N) is 2. The first-order chi connectivity index (χ1) is 10.5. The molecule has 0 aromatic carbocycles. The number of hydrogen-bond acceptors (Lipinski definition) is 4. The molecule has 6 heteroatoms. The highest BCUT2D eigenvalue weighted by atomic mass is 16.3. The Balaban J connectivity index is 1.84. The van der Waals surface area contributed by atoms with Crippen LogP contribution in [0.5, 0.6) is 0 Å². The Hall–Kier alpha value is -2.08. The van der Waals surface area contributed by atoms with E-state index in [0.29, 0.717) is 50.6 Å². The summed E-state index contributed by atoms with van der Waals surface area (Å²) in [6.07, 6.45) is 1.66. The molecule has 1 aromatic heterocycles. The molecule has 2 rings (SSSR count). The molecule has 0 saturated carbocycles. The Labute approximate surface area is 130 Å². The standard InChI is InChI=1S/C16H23N3O3/c1-4-5-17-15(20)11-18-6-8-19(9-7-18)16(21)14-10-12(2)22-13(14)3/h4,10H,1,5-9,11H2,2-3H3,(H,17,20). The van der Waals surface area contributed by atoms with Gasteiger partial charge in [-0.3, -0.25) is 14.5 Å². The van der Waals surface area contributed by atoms with Gasteiger partial charge in [-0.2, -0.15) is 0 Å². The Morgan fingerprint density at radius 3 is 2.55 bits per heavy atom. The van der Waals surface area contributed by atoms with Gasteiger partial charge in [0.1, 0.15) is 11.5 Å². The first-order valence-electron chi connectivity index (χ1n) is 7.47. The van der Waals surface area contributed by atoms with Crippen LogP contribution < -0.4 is 5.32 Å². The van der Waals surface area contributed by atoms with E-state index in [2.05, 4.69) is 16.8 Å². The molecular formula is C16H23N3O3. The van der Waals surface area contributed by atoms with Gasteiger partial charge in [0.2, 0.25) is 5.91 Å². The zero-order chi connectivity index (χ0) is 16.1. The van der Waals surface area contributed by atoms with Crippen molar-refractivity contribution in [2.75, 3.05) is 39.3 Å². The lowest BCUT2D eigenvalue weighted by atomic mass is 10.2. The van der Waals surface area contributed by atoms with Crippen molar-refractivity contribution in [2.24, 2.45) is 0 Å². The average Bonchev–Trinajstić information content (AvgIpc) is 2.84. The second-order valence-electron chi connectivity index (χ2n) is 5.49. The van der Waals surface area contributed by atoms with E-state index in [-0.39, 0.29) is 11.8 Å². The number of carbonyl (C=O) groups is 2. The number of piperazine rings is 1. The number of amides is 2. The molecule has 120 valence electrons. The highest BCUT2D eigenvalue weighted by Gasteiger charge is 2.25. The Bertz CT molecular complexity index is 557. The van der Waals surface area contributed by atoms with E-state index in [9.17, 15) is 9.59 Å². The maximum absolute atomic E-state index is 12.5. The van der Waals surface area contributed by atoms with E-state index in [1.54, 1.807) is 19.1 Å². The molecule has 0 unspecified atom stereocenters. The van der Waals surface area contributed by atoms with Gasteiger partial charge < -0.3 is 14.6 Å². The van der Waals surface area contributed by atoms with Gasteiger partial charge in [0.25, 0.3) is 5.91 Å². The molecule has 6 nitrogen and oxygen atoms in total. The van der Waals surface area contributed by atoms with Crippen LogP contribution in [0.15, 0.2) is 23.1 Å². The minimum absolute atomic E-state index is 0.00473. The number of rotatable bonds is 5. The van der Waals surface area contributed by atoms with Crippen molar-refractivity contribution in [3.05, 3.63) is 35.8 Å². The maximum atomic E-state index is 12.5. The quantitative estimate of drug-likeness (QED) is 0.823. The summed E-state index contributed by atoms with van der Waals surface area (Å²) in [5.74, 6) is 1.40. The van der Waals surface area contributed by atoms with Gasteiger partial charge in [0, 0.05) is 32.7 Å². The van der Waals surface area contributed by atoms with Crippen molar-refractivity contribution in [3.63, 3.8) is 0 Å². The number of aryl methyl sites for hydroxylation is 2. The number of nitrogens with one attached hydrogen (secondary N) is 1. The van der Waals surface area contributed by atoms with E-state index in [1.165, 1.54) is 0 Å². The normalized spacial score (nSPS) is 15.6. The molecule has 0 radical (unpaired) electrons. The third-order valence-electron chi connectivity index (χ3n) is 3.74. The minimum atomic E-state index is -0.0130. The highest BCUT2D eigenvalue weighted by molar-refractivity contribution is 5.95. The van der Waals surface area contributed by atoms with Crippen molar-refractivity contribution in [3.8, 4) is 0 Å². The molecular weight excluding hydrogens is 282 g/mol. The zero-order valence-corrected chi connectivity index (χ0v) is 13.2. The first kappa shape index (κ1) is 16.3. The molecule has 0 atom stereocenters. The molecule has 22 heavy (non-hydrogen) atoms. The van der Waals surface area contributed by atoms with Crippen LogP contribution in [0.1, 0.15) is 21.9 Å². The smallest absolute Gasteiger partial charge is 0.257 e. The molecule has 0 aliphatic carbocycles. The lowest BCUT2D eigenvalue weighted by Crippen LogP contribution is -2.51. The topological polar surface area (TPSA) is 65.8 Å². The summed E-state index contributed by atoms with van der Waals surface area (Å²) < 4.78 is 5.42. The van der Waals surface area contributed by atoms with Crippen LogP contribution >= 0.6 is 0 Å². The maximum Gasteiger partial charge on any atom is 0.257 e. The second kappa shape index (κ2) is 7.26. The molecule has 1 aliphatic heterocycles. The monoisotopic (exact) mass is 305 g/mol. The third kappa shape index (κ3) is 3.98. The molecule has 0 spiro atoms. The van der Waals surface area contributed by atoms with Crippen molar-refractivity contribution >= 4 is 11.8 Å². The highest BCUT2D eigenvalue weighted by Crippen LogP contribution is 2.17. The van der Waals surface area contributed by atoms with E-state index >= 15 is 0 Å². The van der Waals surface area contributed by atoms with Gasteiger partial charge in [-0.05, 0) is 19.9 Å². The predicted molar refractivity (Wildman–Crippen MR) is 83.7 cm³/mol. The fourth-order valence-corrected chi connectivity index (χ4v) is 2.57. The number of hydrogen-bond donors (Lipinski definition) is 1. The van der Waals surface area contributed by atoms with Crippen LogP contribution in [-0.4, -0.2) is 60.9 Å². The van der Waals surface area contributed by atoms with Crippen molar-refractivity contribution in [2.45, 2.75) is 13.8 Å².